The van der Waals surface area contributed by atoms with Gasteiger partial charge in [0.1, 0.15) is 33.5 Å². The van der Waals surface area contributed by atoms with Gasteiger partial charge >= 0.3 is 5.97 Å². The number of nitrogens with one attached hydrogen (secondary N) is 2. The molecule has 0 aromatic carbocycles. The first-order chi connectivity index (χ1) is 11.0. The maximum absolute atomic E-state index is 11.9. The smallest absolute Gasteiger partial charge is 0.348 e. The van der Waals surface area contributed by atoms with Gasteiger partial charge in [-0.1, -0.05) is 0 Å². The second-order valence-electron chi connectivity index (χ2n) is 5.08. The lowest BCUT2D eigenvalue weighted by atomic mass is 10.2. The zero-order valence-electron chi connectivity index (χ0n) is 13.2. The number of carbonyl (C=O) groups is 1. The van der Waals surface area contributed by atoms with E-state index < -0.39 is 0 Å². The Labute approximate surface area is 136 Å². The number of hydrogen-bond acceptors (Lipinski definition) is 8. The van der Waals surface area contributed by atoms with E-state index in [2.05, 4.69) is 30.5 Å². The number of rotatable bonds is 4. The largest absolute Gasteiger partial charge is 0.465 e. The molecule has 9 heteroatoms. The molecule has 120 valence electrons. The number of thiophene rings is 1. The highest BCUT2D eigenvalue weighted by Gasteiger charge is 2.21. The van der Waals surface area contributed by atoms with Crippen LogP contribution in [0.1, 0.15) is 39.8 Å². The van der Waals surface area contributed by atoms with Gasteiger partial charge in [-0.25, -0.2) is 19.7 Å². The summed E-state index contributed by atoms with van der Waals surface area (Å²) < 4.78 is 4.84. The van der Waals surface area contributed by atoms with Crippen LogP contribution >= 0.6 is 11.3 Å². The molecule has 0 fully saturated rings. The van der Waals surface area contributed by atoms with Crippen molar-refractivity contribution in [3.05, 3.63) is 28.4 Å². The van der Waals surface area contributed by atoms with Crippen molar-refractivity contribution in [3.8, 4) is 0 Å². The van der Waals surface area contributed by atoms with Gasteiger partial charge in [-0.3, -0.25) is 5.10 Å². The molecule has 3 heterocycles. The third-order valence-corrected chi connectivity index (χ3v) is 4.64. The Kier molecular flexibility index (Phi) is 3.95. The number of aryl methyl sites for hydroxylation is 2. The molecule has 1 unspecified atom stereocenters. The van der Waals surface area contributed by atoms with Crippen LogP contribution in [-0.2, 0) is 4.74 Å². The Morgan fingerprint density at radius 2 is 2.17 bits per heavy atom. The van der Waals surface area contributed by atoms with Crippen molar-refractivity contribution < 1.29 is 9.53 Å². The zero-order chi connectivity index (χ0) is 16.6. The number of methoxy groups -OCH3 is 1. The SMILES string of the molecule is COC(=O)c1sc2nc(C)nc(NC(C)c3ncn[nH]3)c2c1C. The molecular weight excluding hydrogens is 316 g/mol. The first-order valence-electron chi connectivity index (χ1n) is 6.99. The van der Waals surface area contributed by atoms with Crippen molar-refractivity contribution in [3.63, 3.8) is 0 Å². The zero-order valence-corrected chi connectivity index (χ0v) is 14.0. The molecule has 23 heavy (non-hydrogen) atoms. The number of hydrogen-bond donors (Lipinski definition) is 2. The molecule has 0 bridgehead atoms. The van der Waals surface area contributed by atoms with Gasteiger partial charge in [-0.05, 0) is 26.3 Å². The molecule has 3 aromatic heterocycles. The number of esters is 1. The fourth-order valence-corrected chi connectivity index (χ4v) is 3.48. The molecule has 0 spiro atoms. The monoisotopic (exact) mass is 332 g/mol. The summed E-state index contributed by atoms with van der Waals surface area (Å²) in [7, 11) is 1.37. The molecule has 0 saturated heterocycles. The minimum Gasteiger partial charge on any atom is -0.465 e. The van der Waals surface area contributed by atoms with Crippen LogP contribution in [-0.4, -0.2) is 38.2 Å². The van der Waals surface area contributed by atoms with E-state index in [0.717, 1.165) is 15.8 Å². The Balaban J connectivity index is 2.09. The van der Waals surface area contributed by atoms with Gasteiger partial charge in [0.15, 0.2) is 0 Å². The summed E-state index contributed by atoms with van der Waals surface area (Å²) >= 11 is 1.31. The molecule has 0 amide bonds. The minimum atomic E-state index is -0.364. The Morgan fingerprint density at radius 1 is 1.39 bits per heavy atom. The number of H-pyrrole nitrogens is 1. The highest BCUT2D eigenvalue weighted by atomic mass is 32.1. The van der Waals surface area contributed by atoms with Gasteiger partial charge in [0, 0.05) is 0 Å². The third kappa shape index (κ3) is 2.74. The molecular formula is C14H16N6O2S. The predicted molar refractivity (Wildman–Crippen MR) is 86.6 cm³/mol. The Morgan fingerprint density at radius 3 is 2.83 bits per heavy atom. The average molecular weight is 332 g/mol. The van der Waals surface area contributed by atoms with Crippen LogP contribution in [0.5, 0.6) is 0 Å². The van der Waals surface area contributed by atoms with Crippen molar-refractivity contribution in [1.29, 1.82) is 0 Å². The van der Waals surface area contributed by atoms with Crippen LogP contribution in [0.25, 0.3) is 10.2 Å². The molecule has 0 aliphatic heterocycles. The molecule has 3 rings (SSSR count). The molecule has 2 N–H and O–H groups in total. The van der Waals surface area contributed by atoms with E-state index >= 15 is 0 Å². The summed E-state index contributed by atoms with van der Waals surface area (Å²) in [5, 5.41) is 10.8. The fraction of sp³-hybridized carbons (Fsp3) is 0.357. The molecule has 0 saturated carbocycles. The van der Waals surface area contributed by atoms with Crippen LogP contribution in [0.2, 0.25) is 0 Å². The van der Waals surface area contributed by atoms with Gasteiger partial charge in [-0.15, -0.1) is 11.3 Å². The first kappa shape index (κ1) is 15.3. The molecule has 0 radical (unpaired) electrons. The number of aromatic nitrogens is 5. The van der Waals surface area contributed by atoms with E-state index in [4.69, 9.17) is 4.74 Å². The van der Waals surface area contributed by atoms with Crippen LogP contribution in [0.4, 0.5) is 5.82 Å². The van der Waals surface area contributed by atoms with E-state index in [0.29, 0.717) is 22.3 Å². The van der Waals surface area contributed by atoms with Crippen LogP contribution in [0.3, 0.4) is 0 Å². The van der Waals surface area contributed by atoms with E-state index in [1.165, 1.54) is 24.8 Å². The second-order valence-corrected chi connectivity index (χ2v) is 6.08. The molecule has 1 atom stereocenters. The van der Waals surface area contributed by atoms with E-state index in [1.807, 2.05) is 20.8 Å². The maximum atomic E-state index is 11.9. The standard InChI is InChI=1S/C14H16N6O2S/c1-6-9-12(17-7(2)11-15-5-16-20-11)18-8(3)19-13(9)23-10(6)14(21)22-4/h5,7H,1-4H3,(H,15,16,20)(H,17,18,19). The van der Waals surface area contributed by atoms with E-state index in [-0.39, 0.29) is 12.0 Å². The molecule has 0 aliphatic rings. The number of fused-ring (bicyclic) bond motifs is 1. The summed E-state index contributed by atoms with van der Waals surface area (Å²) in [6.45, 7) is 5.64. The van der Waals surface area contributed by atoms with Crippen molar-refractivity contribution >= 4 is 33.3 Å². The Hall–Kier alpha value is -2.55. The van der Waals surface area contributed by atoms with Crippen LogP contribution in [0, 0.1) is 13.8 Å². The van der Waals surface area contributed by atoms with E-state index in [9.17, 15) is 4.79 Å². The topological polar surface area (TPSA) is 106 Å². The van der Waals surface area contributed by atoms with Gasteiger partial charge < -0.3 is 10.1 Å². The number of ether oxygens (including phenoxy) is 1. The lowest BCUT2D eigenvalue weighted by Gasteiger charge is -2.13. The maximum Gasteiger partial charge on any atom is 0.348 e. The first-order valence-corrected chi connectivity index (χ1v) is 7.80. The lowest BCUT2D eigenvalue weighted by molar-refractivity contribution is 0.0605. The second kappa shape index (κ2) is 5.92. The highest BCUT2D eigenvalue weighted by molar-refractivity contribution is 7.20. The summed E-state index contributed by atoms with van der Waals surface area (Å²) in [5.41, 5.74) is 0.809. The van der Waals surface area contributed by atoms with Gasteiger partial charge in [0.05, 0.1) is 18.5 Å². The van der Waals surface area contributed by atoms with E-state index in [1.54, 1.807) is 0 Å². The summed E-state index contributed by atoms with van der Waals surface area (Å²) in [6.07, 6.45) is 1.46. The average Bonchev–Trinajstić information content (AvgIpc) is 3.14. The van der Waals surface area contributed by atoms with Crippen molar-refractivity contribution in [1.82, 2.24) is 25.1 Å². The number of anilines is 1. The fourth-order valence-electron chi connectivity index (χ4n) is 2.33. The van der Waals surface area contributed by atoms with Crippen molar-refractivity contribution in [2.24, 2.45) is 0 Å². The highest BCUT2D eigenvalue weighted by Crippen LogP contribution is 2.35. The quantitative estimate of drug-likeness (QED) is 0.707. The van der Waals surface area contributed by atoms with Crippen LogP contribution < -0.4 is 5.32 Å². The minimum absolute atomic E-state index is 0.115. The predicted octanol–water partition coefficient (Wildman–Crippen LogP) is 2.39. The third-order valence-electron chi connectivity index (χ3n) is 3.47. The van der Waals surface area contributed by atoms with Gasteiger partial charge in [0.25, 0.3) is 0 Å². The van der Waals surface area contributed by atoms with Crippen molar-refractivity contribution in [2.75, 3.05) is 12.4 Å². The van der Waals surface area contributed by atoms with Gasteiger partial charge in [-0.2, -0.15) is 5.10 Å². The molecule has 0 aliphatic carbocycles. The Bertz CT molecular complexity index is 858. The summed E-state index contributed by atoms with van der Waals surface area (Å²) in [5.74, 6) is 1.63. The molecule has 3 aromatic rings. The summed E-state index contributed by atoms with van der Waals surface area (Å²) in [4.78, 5) is 26.2. The van der Waals surface area contributed by atoms with Crippen LogP contribution in [0.15, 0.2) is 6.33 Å². The summed E-state index contributed by atoms with van der Waals surface area (Å²) in [6, 6.07) is -0.115. The molecule has 8 nitrogen and oxygen atoms in total. The van der Waals surface area contributed by atoms with Crippen molar-refractivity contribution in [2.45, 2.75) is 26.8 Å². The van der Waals surface area contributed by atoms with Gasteiger partial charge in [0.2, 0.25) is 0 Å². The number of aromatic amines is 1. The lowest BCUT2D eigenvalue weighted by Crippen LogP contribution is -2.11. The number of nitrogens with zero attached hydrogens (tertiary/aromatic N) is 4. The normalized spacial score (nSPS) is 12.3. The number of carbonyl (C=O) groups excluding carboxylic acids is 1.